The molecule has 1 saturated carbocycles. The number of thiazole rings is 1. The maximum atomic E-state index is 5.84. The van der Waals surface area contributed by atoms with Crippen LogP contribution in [-0.4, -0.2) is 23.7 Å². The van der Waals surface area contributed by atoms with Gasteiger partial charge in [-0.1, -0.05) is 0 Å². The van der Waals surface area contributed by atoms with Crippen molar-refractivity contribution in [2.24, 2.45) is 5.92 Å². The molecular formula is C13H20N2OS. The molecule has 1 N–H and O–H groups in total. The van der Waals surface area contributed by atoms with Crippen molar-refractivity contribution < 1.29 is 4.74 Å². The second kappa shape index (κ2) is 4.67. The molecule has 0 bridgehead atoms. The number of ether oxygens (including phenoxy) is 1. The lowest BCUT2D eigenvalue weighted by Gasteiger charge is -2.19. The second-order valence-electron chi connectivity index (χ2n) is 5.19. The van der Waals surface area contributed by atoms with E-state index in [-0.39, 0.29) is 0 Å². The monoisotopic (exact) mass is 252 g/mol. The molecule has 1 aromatic rings. The quantitative estimate of drug-likeness (QED) is 0.893. The molecule has 17 heavy (non-hydrogen) atoms. The number of rotatable bonds is 4. The third-order valence-corrected chi connectivity index (χ3v) is 4.82. The summed E-state index contributed by atoms with van der Waals surface area (Å²) in [5, 5.41) is 4.84. The van der Waals surface area contributed by atoms with Gasteiger partial charge in [-0.15, -0.1) is 11.3 Å². The average Bonchev–Trinajstić information content (AvgIpc) is 2.94. The first kappa shape index (κ1) is 11.6. The highest BCUT2D eigenvalue weighted by Gasteiger charge is 2.40. The highest BCUT2D eigenvalue weighted by Crippen LogP contribution is 2.38. The molecular weight excluding hydrogens is 232 g/mol. The lowest BCUT2D eigenvalue weighted by Crippen LogP contribution is -2.37. The van der Waals surface area contributed by atoms with E-state index >= 15 is 0 Å². The van der Waals surface area contributed by atoms with Crippen LogP contribution < -0.4 is 5.32 Å². The van der Waals surface area contributed by atoms with Crippen LogP contribution in [0.1, 0.15) is 34.8 Å². The summed E-state index contributed by atoms with van der Waals surface area (Å²) in [6.45, 7) is 6.06. The molecule has 0 spiro atoms. The highest BCUT2D eigenvalue weighted by molar-refractivity contribution is 7.11. The van der Waals surface area contributed by atoms with Crippen molar-refractivity contribution >= 4 is 11.3 Å². The summed E-state index contributed by atoms with van der Waals surface area (Å²) in [5.74, 6) is 0.833. The lowest BCUT2D eigenvalue weighted by atomic mass is 10.1. The number of nitrogens with one attached hydrogen (secondary N) is 1. The Morgan fingerprint density at radius 2 is 2.18 bits per heavy atom. The Morgan fingerprint density at radius 1 is 1.35 bits per heavy atom. The molecule has 0 amide bonds. The summed E-state index contributed by atoms with van der Waals surface area (Å²) in [6, 6.07) is 0.560. The van der Waals surface area contributed by atoms with Crippen LogP contribution >= 0.6 is 11.3 Å². The molecule has 0 radical (unpaired) electrons. The first-order valence-electron chi connectivity index (χ1n) is 6.52. The van der Waals surface area contributed by atoms with E-state index in [1.807, 2.05) is 11.3 Å². The molecule has 1 aromatic heterocycles. The van der Waals surface area contributed by atoms with Gasteiger partial charge in [0.15, 0.2) is 0 Å². The first-order chi connectivity index (χ1) is 8.24. The zero-order valence-corrected chi connectivity index (χ0v) is 11.3. The predicted molar refractivity (Wildman–Crippen MR) is 69.3 cm³/mol. The molecule has 94 valence electrons. The number of hydrogen-bond donors (Lipinski definition) is 1. The maximum absolute atomic E-state index is 5.84. The van der Waals surface area contributed by atoms with E-state index in [2.05, 4.69) is 24.1 Å². The molecule has 3 nitrogen and oxygen atoms in total. The third-order valence-electron chi connectivity index (χ3n) is 3.75. The molecule has 3 rings (SSSR count). The normalized spacial score (nSPS) is 28.8. The van der Waals surface area contributed by atoms with Gasteiger partial charge >= 0.3 is 0 Å². The minimum Gasteiger partial charge on any atom is -0.376 e. The van der Waals surface area contributed by atoms with E-state index in [0.717, 1.165) is 25.5 Å². The molecule has 2 heterocycles. The molecule has 0 aromatic carbocycles. The van der Waals surface area contributed by atoms with E-state index in [1.165, 1.54) is 28.4 Å². The van der Waals surface area contributed by atoms with E-state index in [9.17, 15) is 0 Å². The predicted octanol–water partition coefficient (Wildman–Crippen LogP) is 2.42. The minimum atomic E-state index is 0.476. The molecule has 1 aliphatic heterocycles. The Hall–Kier alpha value is -0.450. The van der Waals surface area contributed by atoms with Gasteiger partial charge in [0.05, 0.1) is 16.8 Å². The molecule has 2 aliphatic rings. The van der Waals surface area contributed by atoms with Crippen molar-refractivity contribution in [3.05, 3.63) is 15.6 Å². The zero-order valence-electron chi connectivity index (χ0n) is 10.5. The van der Waals surface area contributed by atoms with Crippen molar-refractivity contribution in [2.75, 3.05) is 6.61 Å². The van der Waals surface area contributed by atoms with Gasteiger partial charge < -0.3 is 10.1 Å². The largest absolute Gasteiger partial charge is 0.376 e. The Bertz CT molecular complexity index is 400. The first-order valence-corrected chi connectivity index (χ1v) is 7.33. The van der Waals surface area contributed by atoms with Crippen LogP contribution in [0.5, 0.6) is 0 Å². The summed E-state index contributed by atoms with van der Waals surface area (Å²) in [4.78, 5) is 5.85. The fourth-order valence-electron chi connectivity index (χ4n) is 2.68. The minimum absolute atomic E-state index is 0.476. The molecule has 2 atom stereocenters. The van der Waals surface area contributed by atoms with Crippen LogP contribution in [0.4, 0.5) is 0 Å². The molecule has 2 unspecified atom stereocenters. The maximum Gasteiger partial charge on any atom is 0.0900 e. The molecule has 1 saturated heterocycles. The second-order valence-corrected chi connectivity index (χ2v) is 6.48. The lowest BCUT2D eigenvalue weighted by molar-refractivity contribution is 0.0809. The number of aryl methyl sites for hydroxylation is 2. The van der Waals surface area contributed by atoms with Crippen LogP contribution in [-0.2, 0) is 11.3 Å². The summed E-state index contributed by atoms with van der Waals surface area (Å²) in [7, 11) is 0. The molecule has 1 aliphatic carbocycles. The molecule has 2 fully saturated rings. The van der Waals surface area contributed by atoms with Gasteiger partial charge in [0.1, 0.15) is 0 Å². The van der Waals surface area contributed by atoms with Gasteiger partial charge in [0, 0.05) is 24.1 Å². The van der Waals surface area contributed by atoms with Crippen molar-refractivity contribution in [1.82, 2.24) is 10.3 Å². The SMILES string of the molecule is Cc1nc(C)c(CNC2CCOC2C2CC2)s1. The number of nitrogens with zero attached hydrogens (tertiary/aromatic N) is 1. The summed E-state index contributed by atoms with van der Waals surface area (Å²) in [6.07, 6.45) is 4.37. The van der Waals surface area contributed by atoms with Crippen molar-refractivity contribution in [1.29, 1.82) is 0 Å². The fourth-order valence-corrected chi connectivity index (χ4v) is 3.57. The van der Waals surface area contributed by atoms with E-state index in [0.29, 0.717) is 12.1 Å². The Kier molecular flexibility index (Phi) is 3.19. The van der Waals surface area contributed by atoms with E-state index in [4.69, 9.17) is 4.74 Å². The van der Waals surface area contributed by atoms with Crippen LogP contribution in [0.2, 0.25) is 0 Å². The van der Waals surface area contributed by atoms with Crippen LogP contribution in [0, 0.1) is 19.8 Å². The Labute approximate surface area is 107 Å². The summed E-state index contributed by atoms with van der Waals surface area (Å²) < 4.78 is 5.84. The van der Waals surface area contributed by atoms with Crippen LogP contribution in [0.15, 0.2) is 0 Å². The fraction of sp³-hybridized carbons (Fsp3) is 0.769. The summed E-state index contributed by atoms with van der Waals surface area (Å²) in [5.41, 5.74) is 1.18. The van der Waals surface area contributed by atoms with Gasteiger partial charge in [-0.05, 0) is 39.0 Å². The smallest absolute Gasteiger partial charge is 0.0900 e. The highest BCUT2D eigenvalue weighted by atomic mass is 32.1. The van der Waals surface area contributed by atoms with Crippen molar-refractivity contribution in [3.8, 4) is 0 Å². The Morgan fingerprint density at radius 3 is 2.82 bits per heavy atom. The topological polar surface area (TPSA) is 34.2 Å². The van der Waals surface area contributed by atoms with Crippen LogP contribution in [0.25, 0.3) is 0 Å². The third kappa shape index (κ3) is 2.54. The van der Waals surface area contributed by atoms with E-state index in [1.54, 1.807) is 0 Å². The number of hydrogen-bond acceptors (Lipinski definition) is 4. The molecule has 4 heteroatoms. The van der Waals surface area contributed by atoms with Crippen molar-refractivity contribution in [2.45, 2.75) is 51.8 Å². The Balaban J connectivity index is 1.58. The van der Waals surface area contributed by atoms with Crippen LogP contribution in [0.3, 0.4) is 0 Å². The van der Waals surface area contributed by atoms with Gasteiger partial charge in [0.2, 0.25) is 0 Å². The van der Waals surface area contributed by atoms with Gasteiger partial charge in [0.25, 0.3) is 0 Å². The average molecular weight is 252 g/mol. The van der Waals surface area contributed by atoms with E-state index < -0.39 is 0 Å². The summed E-state index contributed by atoms with van der Waals surface area (Å²) >= 11 is 1.81. The number of aromatic nitrogens is 1. The van der Waals surface area contributed by atoms with Gasteiger partial charge in [-0.25, -0.2) is 4.98 Å². The standard InChI is InChI=1S/C13H20N2OS/c1-8-12(17-9(2)15-8)7-14-11-5-6-16-13(11)10-3-4-10/h10-11,13-14H,3-7H2,1-2H3. The zero-order chi connectivity index (χ0) is 11.8. The van der Waals surface area contributed by atoms with Crippen molar-refractivity contribution in [3.63, 3.8) is 0 Å². The van der Waals surface area contributed by atoms with Gasteiger partial charge in [-0.2, -0.15) is 0 Å². The van der Waals surface area contributed by atoms with Gasteiger partial charge in [-0.3, -0.25) is 0 Å².